The minimum atomic E-state index is -0.138. The average Bonchev–Trinajstić information content (AvgIpc) is 3.20. The van der Waals surface area contributed by atoms with Gasteiger partial charge in [-0.05, 0) is 87.3 Å². The van der Waals surface area contributed by atoms with Crippen LogP contribution in [0.2, 0.25) is 0 Å². The Bertz CT molecular complexity index is 1160. The van der Waals surface area contributed by atoms with Gasteiger partial charge in [-0.3, -0.25) is 4.79 Å². The van der Waals surface area contributed by atoms with Gasteiger partial charge in [0.1, 0.15) is 16.9 Å². The molecule has 2 atom stereocenters. The van der Waals surface area contributed by atoms with E-state index >= 15 is 0 Å². The van der Waals surface area contributed by atoms with Gasteiger partial charge in [-0.2, -0.15) is 0 Å². The van der Waals surface area contributed by atoms with Crippen molar-refractivity contribution < 1.29 is 4.74 Å². The highest BCUT2D eigenvalue weighted by atomic mass is 32.2. The molecule has 4 nitrogen and oxygen atoms in total. The summed E-state index contributed by atoms with van der Waals surface area (Å²) in [6, 6.07) is 8.48. The lowest BCUT2D eigenvalue weighted by Crippen LogP contribution is -2.44. The molecule has 2 bridgehead atoms. The van der Waals surface area contributed by atoms with Gasteiger partial charge in [0.2, 0.25) is 0 Å². The molecule has 2 saturated carbocycles. The molecule has 0 aliphatic heterocycles. The number of aromatic nitrogens is 2. The van der Waals surface area contributed by atoms with Crippen LogP contribution in [0.25, 0.3) is 22.0 Å². The summed E-state index contributed by atoms with van der Waals surface area (Å²) in [5, 5.41) is 0.950. The predicted molar refractivity (Wildman–Crippen MR) is 129 cm³/mol. The third-order valence-corrected chi connectivity index (χ3v) is 8.03. The smallest absolute Gasteiger partial charge is 0.274 e. The molecule has 5 rings (SSSR count). The second kappa shape index (κ2) is 7.77. The Balaban J connectivity index is 1.58. The fourth-order valence-electron chi connectivity index (χ4n) is 6.30. The molecule has 31 heavy (non-hydrogen) atoms. The number of pyridine rings is 1. The van der Waals surface area contributed by atoms with Crippen LogP contribution in [-0.2, 0) is 7.05 Å². The molecule has 2 aliphatic carbocycles. The zero-order valence-corrected chi connectivity index (χ0v) is 19.7. The summed E-state index contributed by atoms with van der Waals surface area (Å²) in [6.07, 6.45) is 12.2. The van der Waals surface area contributed by atoms with Gasteiger partial charge in [-0.25, -0.2) is 0 Å². The molecule has 0 amide bonds. The first-order valence-corrected chi connectivity index (χ1v) is 12.6. The maximum atomic E-state index is 12.6. The molecular formula is C26H32N2O2S. The largest absolute Gasteiger partial charge is 0.487 e. The second-order valence-electron chi connectivity index (χ2n) is 10.1. The zero-order valence-electron chi connectivity index (χ0n) is 18.9. The molecule has 0 spiro atoms. The van der Waals surface area contributed by atoms with Crippen LogP contribution in [0, 0.1) is 17.8 Å². The van der Waals surface area contributed by atoms with Crippen molar-refractivity contribution in [3.8, 4) is 16.9 Å². The number of nitrogens with zero attached hydrogens (tertiary/aromatic N) is 1. The summed E-state index contributed by atoms with van der Waals surface area (Å²) in [6.45, 7) is 4.71. The number of hydrogen-bond donors (Lipinski definition) is 1. The van der Waals surface area contributed by atoms with E-state index in [-0.39, 0.29) is 11.2 Å². The van der Waals surface area contributed by atoms with Crippen molar-refractivity contribution in [1.82, 2.24) is 9.55 Å². The summed E-state index contributed by atoms with van der Waals surface area (Å²) < 4.78 is 8.55. The van der Waals surface area contributed by atoms with Gasteiger partial charge in [0.25, 0.3) is 5.56 Å². The fraction of sp³-hybridized carbons (Fsp3) is 0.500. The Morgan fingerprint density at radius 1 is 1.13 bits per heavy atom. The van der Waals surface area contributed by atoms with Crippen LogP contribution in [0.4, 0.5) is 0 Å². The Morgan fingerprint density at radius 2 is 1.87 bits per heavy atom. The molecule has 0 radical (unpaired) electrons. The lowest BCUT2D eigenvalue weighted by molar-refractivity contribution is -0.0267. The van der Waals surface area contributed by atoms with Gasteiger partial charge in [0.05, 0.1) is 0 Å². The lowest BCUT2D eigenvalue weighted by atomic mass is 9.64. The van der Waals surface area contributed by atoms with Crippen LogP contribution >= 0.6 is 11.8 Å². The van der Waals surface area contributed by atoms with Gasteiger partial charge in [0.15, 0.2) is 0 Å². The number of benzene rings is 1. The molecule has 2 fully saturated rings. The summed E-state index contributed by atoms with van der Waals surface area (Å²) in [5.41, 5.74) is 2.61. The van der Waals surface area contributed by atoms with E-state index in [4.69, 9.17) is 4.74 Å². The minimum Gasteiger partial charge on any atom is -0.487 e. The number of rotatable bonds is 4. The number of ether oxygens (including phenoxy) is 1. The van der Waals surface area contributed by atoms with E-state index in [1.165, 1.54) is 24.2 Å². The number of aryl methyl sites for hydroxylation is 1. The second-order valence-corrected chi connectivity index (χ2v) is 11.0. The van der Waals surface area contributed by atoms with Crippen molar-refractivity contribution in [2.75, 3.05) is 6.26 Å². The van der Waals surface area contributed by atoms with Crippen molar-refractivity contribution in [2.45, 2.75) is 56.4 Å². The van der Waals surface area contributed by atoms with Crippen LogP contribution < -0.4 is 10.3 Å². The number of thioether (sulfide) groups is 1. The van der Waals surface area contributed by atoms with Gasteiger partial charge in [0, 0.05) is 40.8 Å². The summed E-state index contributed by atoms with van der Waals surface area (Å²) >= 11 is 1.73. The van der Waals surface area contributed by atoms with E-state index in [9.17, 15) is 4.79 Å². The first-order chi connectivity index (χ1) is 14.8. The van der Waals surface area contributed by atoms with Crippen LogP contribution in [0.15, 0.2) is 46.3 Å². The van der Waals surface area contributed by atoms with Gasteiger partial charge in [-0.1, -0.05) is 6.92 Å². The standard InChI is InChI=1S/C26H32N2O2S/c1-16-9-17-11-18(10-16)14-26(2,13-17)30-23-6-5-19(31-4)12-21(23)22-15-28(3)25(29)24-20(22)7-8-27-24/h5-8,12,15-18,27H,9-11,13-14H2,1-4H3. The van der Waals surface area contributed by atoms with E-state index in [2.05, 4.69) is 43.3 Å². The molecule has 2 aliphatic rings. The number of aromatic amines is 1. The van der Waals surface area contributed by atoms with E-state index < -0.39 is 0 Å². The zero-order chi connectivity index (χ0) is 21.8. The fourth-order valence-corrected chi connectivity index (χ4v) is 6.74. The third-order valence-electron chi connectivity index (χ3n) is 7.31. The molecule has 164 valence electrons. The molecule has 1 aromatic carbocycles. The normalized spacial score (nSPS) is 28.1. The monoisotopic (exact) mass is 436 g/mol. The minimum absolute atomic E-state index is 0.00609. The first-order valence-electron chi connectivity index (χ1n) is 11.4. The van der Waals surface area contributed by atoms with Crippen LogP contribution in [0.5, 0.6) is 5.75 Å². The highest BCUT2D eigenvalue weighted by Crippen LogP contribution is 2.49. The molecule has 2 unspecified atom stereocenters. The summed E-state index contributed by atoms with van der Waals surface area (Å²) in [7, 11) is 1.82. The van der Waals surface area contributed by atoms with Crippen molar-refractivity contribution in [3.05, 3.63) is 47.0 Å². The average molecular weight is 437 g/mol. The van der Waals surface area contributed by atoms with E-state index in [1.807, 2.05) is 25.5 Å². The summed E-state index contributed by atoms with van der Waals surface area (Å²) in [4.78, 5) is 16.9. The Labute approximate surface area is 188 Å². The Kier molecular flexibility index (Phi) is 5.20. The number of H-pyrrole nitrogens is 1. The van der Waals surface area contributed by atoms with Crippen molar-refractivity contribution in [3.63, 3.8) is 0 Å². The molecule has 5 heteroatoms. The van der Waals surface area contributed by atoms with Crippen molar-refractivity contribution in [1.29, 1.82) is 0 Å². The maximum absolute atomic E-state index is 12.6. The van der Waals surface area contributed by atoms with Crippen molar-refractivity contribution in [2.24, 2.45) is 24.8 Å². The van der Waals surface area contributed by atoms with E-state index in [0.29, 0.717) is 5.52 Å². The van der Waals surface area contributed by atoms with Crippen LogP contribution in [0.3, 0.4) is 0 Å². The van der Waals surface area contributed by atoms with Crippen LogP contribution in [0.1, 0.15) is 46.0 Å². The molecule has 3 aromatic rings. The molecule has 2 aromatic heterocycles. The Hall–Kier alpha value is -2.14. The lowest BCUT2D eigenvalue weighted by Gasteiger charge is -2.47. The molecule has 2 heterocycles. The highest BCUT2D eigenvalue weighted by molar-refractivity contribution is 7.98. The number of hydrogen-bond acceptors (Lipinski definition) is 3. The predicted octanol–water partition coefficient (Wildman–Crippen LogP) is 6.24. The molecular weight excluding hydrogens is 404 g/mol. The third kappa shape index (κ3) is 3.82. The van der Waals surface area contributed by atoms with Crippen molar-refractivity contribution >= 4 is 22.7 Å². The van der Waals surface area contributed by atoms with E-state index in [0.717, 1.165) is 52.9 Å². The summed E-state index contributed by atoms with van der Waals surface area (Å²) in [5.74, 6) is 3.32. The topological polar surface area (TPSA) is 47.0 Å². The van der Waals surface area contributed by atoms with Gasteiger partial charge in [-0.15, -0.1) is 11.8 Å². The molecule has 1 N–H and O–H groups in total. The van der Waals surface area contributed by atoms with Gasteiger partial charge >= 0.3 is 0 Å². The number of fused-ring (bicyclic) bond motifs is 3. The number of nitrogens with one attached hydrogen (secondary N) is 1. The van der Waals surface area contributed by atoms with E-state index in [1.54, 1.807) is 16.3 Å². The molecule has 0 saturated heterocycles. The van der Waals surface area contributed by atoms with Crippen LogP contribution in [-0.4, -0.2) is 21.4 Å². The first kappa shape index (κ1) is 20.7. The maximum Gasteiger partial charge on any atom is 0.274 e. The quantitative estimate of drug-likeness (QED) is 0.493. The SMILES string of the molecule is CSc1ccc(OC2(C)CC3CC(C)CC(C3)C2)c(-c2cn(C)c(=O)c3[nH]ccc23)c1. The van der Waals surface area contributed by atoms with Gasteiger partial charge < -0.3 is 14.3 Å². The highest BCUT2D eigenvalue weighted by Gasteiger charge is 2.42. The Morgan fingerprint density at radius 3 is 2.58 bits per heavy atom.